The van der Waals surface area contributed by atoms with Crippen molar-refractivity contribution in [2.24, 2.45) is 0 Å². The number of benzene rings is 8. The van der Waals surface area contributed by atoms with Gasteiger partial charge in [0.1, 0.15) is 5.82 Å². The van der Waals surface area contributed by atoms with Crippen LogP contribution in [0.2, 0.25) is 0 Å². The molecule has 1 atom stereocenters. The Morgan fingerprint density at radius 3 is 1.68 bits per heavy atom. The number of nitrogens with zero attached hydrogens (tertiary/aromatic N) is 5. The van der Waals surface area contributed by atoms with Crippen molar-refractivity contribution in [2.45, 2.75) is 5.92 Å². The third-order valence-corrected chi connectivity index (χ3v) is 11.5. The summed E-state index contributed by atoms with van der Waals surface area (Å²) in [6, 6.07) is 69.7. The fourth-order valence-corrected chi connectivity index (χ4v) is 8.93. The largest absolute Gasteiger partial charge is 0.295 e. The third-order valence-electron chi connectivity index (χ3n) is 11.5. The lowest BCUT2D eigenvalue weighted by Crippen LogP contribution is -2.00. The number of hydrogen-bond acceptors (Lipinski definition) is 2. The summed E-state index contributed by atoms with van der Waals surface area (Å²) in [6.45, 7) is 0. The topological polar surface area (TPSA) is 40.0 Å². The summed E-state index contributed by atoms with van der Waals surface area (Å²) in [5, 5.41) is 0. The van der Waals surface area contributed by atoms with Gasteiger partial charge >= 0.3 is 0 Å². The standard InChI is InChI=1S/C51H33N5/c1-4-14-33(15-5-1)38-28-39(34-16-6-2-7-17-34)30-40(29-38)54-46-27-25-37(32-48(46)56-45-23-13-11-21-43(45)53-51(54)56)36-24-26-41-47(31-36)55-44-22-12-10-20-42(44)52-50(55)49(41)35-18-8-3-9-19-35/h1-32,49H. The van der Waals surface area contributed by atoms with Gasteiger partial charge in [0.05, 0.1) is 50.4 Å². The van der Waals surface area contributed by atoms with Crippen molar-refractivity contribution in [3.63, 3.8) is 0 Å². The molecular weight excluding hydrogens is 683 g/mol. The predicted molar refractivity (Wildman–Crippen MR) is 228 cm³/mol. The fraction of sp³-hybridized carbons (Fsp3) is 0.0196. The van der Waals surface area contributed by atoms with E-state index in [2.05, 4.69) is 208 Å². The smallest absolute Gasteiger partial charge is 0.220 e. The summed E-state index contributed by atoms with van der Waals surface area (Å²) in [7, 11) is 0. The van der Waals surface area contributed by atoms with Crippen LogP contribution in [0.25, 0.3) is 83.6 Å². The van der Waals surface area contributed by atoms with E-state index in [0.29, 0.717) is 0 Å². The highest BCUT2D eigenvalue weighted by Crippen LogP contribution is 2.45. The van der Waals surface area contributed by atoms with Crippen molar-refractivity contribution < 1.29 is 0 Å². The Morgan fingerprint density at radius 1 is 0.375 bits per heavy atom. The van der Waals surface area contributed by atoms with Gasteiger partial charge in [-0.2, -0.15) is 0 Å². The molecule has 0 radical (unpaired) electrons. The molecule has 0 fully saturated rings. The zero-order valence-electron chi connectivity index (χ0n) is 30.3. The normalized spacial score (nSPS) is 13.5. The van der Waals surface area contributed by atoms with Gasteiger partial charge in [0.25, 0.3) is 0 Å². The molecule has 56 heavy (non-hydrogen) atoms. The molecule has 0 amide bonds. The van der Waals surface area contributed by atoms with E-state index >= 15 is 0 Å². The van der Waals surface area contributed by atoms with Gasteiger partial charge in [-0.05, 0) is 105 Å². The van der Waals surface area contributed by atoms with Crippen LogP contribution in [-0.4, -0.2) is 23.5 Å². The Hall–Kier alpha value is -7.50. The van der Waals surface area contributed by atoms with Crippen LogP contribution < -0.4 is 0 Å². The van der Waals surface area contributed by atoms with Crippen molar-refractivity contribution in [1.82, 2.24) is 23.5 Å². The van der Waals surface area contributed by atoms with E-state index < -0.39 is 0 Å². The van der Waals surface area contributed by atoms with E-state index in [9.17, 15) is 0 Å². The second kappa shape index (κ2) is 12.0. The zero-order valence-corrected chi connectivity index (χ0v) is 30.3. The number of rotatable bonds is 5. The lowest BCUT2D eigenvalue weighted by molar-refractivity contribution is 0.910. The highest BCUT2D eigenvalue weighted by Gasteiger charge is 2.33. The molecule has 0 aliphatic carbocycles. The minimum atomic E-state index is 0.0635. The molecule has 1 aliphatic heterocycles. The SMILES string of the molecule is c1ccc(-c2cc(-c3ccccc3)cc(-n3c4ccc(-c5ccc6c(c5)-n5c(nc7ccccc75)C6c5ccccc5)cc4n4c5ccccc5nc34)c2)cc1. The van der Waals surface area contributed by atoms with E-state index in [4.69, 9.17) is 9.97 Å². The van der Waals surface area contributed by atoms with Crippen LogP contribution in [-0.2, 0) is 0 Å². The lowest BCUT2D eigenvalue weighted by atomic mass is 9.90. The molecule has 3 aromatic heterocycles. The average molecular weight is 716 g/mol. The van der Waals surface area contributed by atoms with Gasteiger partial charge in [-0.3, -0.25) is 13.5 Å². The monoisotopic (exact) mass is 715 g/mol. The molecular formula is C51H33N5. The summed E-state index contributed by atoms with van der Waals surface area (Å²) in [4.78, 5) is 10.5. The number of imidazole rings is 3. The van der Waals surface area contributed by atoms with Gasteiger partial charge in [0.2, 0.25) is 5.78 Å². The van der Waals surface area contributed by atoms with Crippen LogP contribution >= 0.6 is 0 Å². The van der Waals surface area contributed by atoms with Gasteiger partial charge in [0, 0.05) is 0 Å². The van der Waals surface area contributed by atoms with Gasteiger partial charge < -0.3 is 0 Å². The second-order valence-corrected chi connectivity index (χ2v) is 14.7. The van der Waals surface area contributed by atoms with Crippen LogP contribution in [0.3, 0.4) is 0 Å². The number of fused-ring (bicyclic) bond motifs is 10. The minimum Gasteiger partial charge on any atom is -0.295 e. The first kappa shape index (κ1) is 30.9. The maximum Gasteiger partial charge on any atom is 0.220 e. The van der Waals surface area contributed by atoms with E-state index in [1.54, 1.807) is 0 Å². The summed E-state index contributed by atoms with van der Waals surface area (Å²) < 4.78 is 7.02. The molecule has 0 saturated heterocycles. The zero-order chi connectivity index (χ0) is 36.7. The molecule has 5 nitrogen and oxygen atoms in total. The summed E-state index contributed by atoms with van der Waals surface area (Å²) >= 11 is 0. The van der Waals surface area contributed by atoms with Gasteiger partial charge in [-0.1, -0.05) is 133 Å². The molecule has 0 bridgehead atoms. The number of hydrogen-bond donors (Lipinski definition) is 0. The van der Waals surface area contributed by atoms with Crippen LogP contribution in [0.4, 0.5) is 0 Å². The van der Waals surface area contributed by atoms with Crippen molar-refractivity contribution in [3.8, 4) is 44.8 Å². The molecule has 0 spiro atoms. The maximum absolute atomic E-state index is 5.28. The Kier molecular flexibility index (Phi) is 6.63. The molecule has 11 aromatic rings. The molecule has 4 heterocycles. The highest BCUT2D eigenvalue weighted by atomic mass is 15.2. The fourth-order valence-electron chi connectivity index (χ4n) is 8.93. The van der Waals surface area contributed by atoms with E-state index in [0.717, 1.165) is 72.6 Å². The Labute approximate surface area is 323 Å². The summed E-state index contributed by atoms with van der Waals surface area (Å²) in [5.41, 5.74) is 18.2. The maximum atomic E-state index is 5.28. The van der Waals surface area contributed by atoms with Crippen molar-refractivity contribution in [1.29, 1.82) is 0 Å². The van der Waals surface area contributed by atoms with Gasteiger partial charge in [0.15, 0.2) is 0 Å². The van der Waals surface area contributed by atoms with E-state index in [1.807, 2.05) is 0 Å². The van der Waals surface area contributed by atoms with Crippen LogP contribution in [0.1, 0.15) is 22.9 Å². The highest BCUT2D eigenvalue weighted by molar-refractivity contribution is 5.95. The van der Waals surface area contributed by atoms with Gasteiger partial charge in [-0.15, -0.1) is 0 Å². The predicted octanol–water partition coefficient (Wildman–Crippen LogP) is 12.3. The first-order valence-corrected chi connectivity index (χ1v) is 19.1. The minimum absolute atomic E-state index is 0.0635. The number of aromatic nitrogens is 5. The van der Waals surface area contributed by atoms with Crippen LogP contribution in [0.5, 0.6) is 0 Å². The quantitative estimate of drug-likeness (QED) is 0.178. The molecule has 8 aromatic carbocycles. The first-order chi connectivity index (χ1) is 27.8. The lowest BCUT2D eigenvalue weighted by Gasteiger charge is -2.13. The molecule has 0 N–H and O–H groups in total. The molecule has 0 saturated carbocycles. The van der Waals surface area contributed by atoms with Crippen molar-refractivity contribution >= 4 is 38.9 Å². The molecule has 262 valence electrons. The summed E-state index contributed by atoms with van der Waals surface area (Å²) in [6.07, 6.45) is 0. The molecule has 1 aliphatic rings. The number of para-hydroxylation sites is 4. The molecule has 5 heteroatoms. The van der Waals surface area contributed by atoms with Crippen molar-refractivity contribution in [3.05, 3.63) is 211 Å². The van der Waals surface area contributed by atoms with Crippen molar-refractivity contribution in [2.75, 3.05) is 0 Å². The summed E-state index contributed by atoms with van der Waals surface area (Å²) in [5.74, 6) is 2.02. The van der Waals surface area contributed by atoms with E-state index in [1.165, 1.54) is 27.9 Å². The Morgan fingerprint density at radius 2 is 0.964 bits per heavy atom. The third kappa shape index (κ3) is 4.61. The second-order valence-electron chi connectivity index (χ2n) is 14.7. The van der Waals surface area contributed by atoms with Crippen LogP contribution in [0.15, 0.2) is 194 Å². The average Bonchev–Trinajstić information content (AvgIpc) is 4.00. The Balaban J connectivity index is 1.08. The van der Waals surface area contributed by atoms with Gasteiger partial charge in [-0.25, -0.2) is 9.97 Å². The first-order valence-electron chi connectivity index (χ1n) is 19.1. The van der Waals surface area contributed by atoms with E-state index in [-0.39, 0.29) is 5.92 Å². The molecule has 12 rings (SSSR count). The van der Waals surface area contributed by atoms with Crippen LogP contribution in [0, 0.1) is 0 Å². The molecule has 1 unspecified atom stereocenters. The Bertz CT molecular complexity index is 3240.